The van der Waals surface area contributed by atoms with E-state index in [2.05, 4.69) is 12.1 Å². The molecule has 3 rings (SSSR count). The Morgan fingerprint density at radius 2 is 1.86 bits per heavy atom. The number of likely N-dealkylation sites (tertiary alicyclic amines) is 1. The van der Waals surface area contributed by atoms with E-state index in [9.17, 15) is 9.59 Å². The van der Waals surface area contributed by atoms with Gasteiger partial charge in [0.2, 0.25) is 5.91 Å². The molecule has 4 nitrogen and oxygen atoms in total. The molecule has 1 aliphatic rings. The predicted molar refractivity (Wildman–Crippen MR) is 80.8 cm³/mol. The van der Waals surface area contributed by atoms with E-state index in [4.69, 9.17) is 0 Å². The van der Waals surface area contributed by atoms with Gasteiger partial charge in [-0.1, -0.05) is 36.4 Å². The summed E-state index contributed by atoms with van der Waals surface area (Å²) in [6.07, 6.45) is 3.66. The molecule has 0 N–H and O–H groups in total. The van der Waals surface area contributed by atoms with Gasteiger partial charge in [0.05, 0.1) is 6.04 Å². The molecule has 0 spiro atoms. The van der Waals surface area contributed by atoms with Gasteiger partial charge in [-0.05, 0) is 24.5 Å². The zero-order chi connectivity index (χ0) is 14.7. The van der Waals surface area contributed by atoms with Crippen LogP contribution in [0.4, 0.5) is 0 Å². The van der Waals surface area contributed by atoms with Crippen LogP contribution in [0, 0.1) is 0 Å². The monoisotopic (exact) mass is 282 g/mol. The van der Waals surface area contributed by atoms with Crippen molar-refractivity contribution in [1.29, 1.82) is 0 Å². The fourth-order valence-corrected chi connectivity index (χ4v) is 2.91. The van der Waals surface area contributed by atoms with Crippen molar-refractivity contribution in [1.82, 2.24) is 9.47 Å². The molecule has 1 amide bonds. The molecular formula is C17H18N2O2. The molecule has 2 heterocycles. The van der Waals surface area contributed by atoms with Crippen LogP contribution in [-0.2, 0) is 11.3 Å². The maximum atomic E-state index is 12.5. The van der Waals surface area contributed by atoms with Crippen molar-refractivity contribution in [2.75, 3.05) is 6.54 Å². The molecule has 1 unspecified atom stereocenters. The van der Waals surface area contributed by atoms with E-state index in [1.165, 1.54) is 16.2 Å². The highest BCUT2D eigenvalue weighted by molar-refractivity contribution is 5.76. The predicted octanol–water partition coefficient (Wildman–Crippen LogP) is 2.21. The molecule has 108 valence electrons. The molecule has 1 aromatic heterocycles. The molecule has 0 bridgehead atoms. The van der Waals surface area contributed by atoms with Crippen LogP contribution in [0.1, 0.15) is 24.4 Å². The van der Waals surface area contributed by atoms with Crippen molar-refractivity contribution in [3.63, 3.8) is 0 Å². The summed E-state index contributed by atoms with van der Waals surface area (Å²) in [6, 6.07) is 15.2. The van der Waals surface area contributed by atoms with Gasteiger partial charge in [0.15, 0.2) is 0 Å². The second kappa shape index (κ2) is 5.95. The molecule has 1 fully saturated rings. The first-order valence-corrected chi connectivity index (χ1v) is 7.25. The van der Waals surface area contributed by atoms with Crippen LogP contribution in [0.3, 0.4) is 0 Å². The van der Waals surface area contributed by atoms with Gasteiger partial charge >= 0.3 is 0 Å². The average Bonchev–Trinajstić information content (AvgIpc) is 3.00. The number of hydrogen-bond donors (Lipinski definition) is 0. The molecule has 1 aromatic carbocycles. The normalized spacial score (nSPS) is 17.9. The number of nitrogens with zero attached hydrogens (tertiary/aromatic N) is 2. The van der Waals surface area contributed by atoms with Crippen LogP contribution in [0.15, 0.2) is 59.5 Å². The van der Waals surface area contributed by atoms with E-state index in [1.54, 1.807) is 18.3 Å². The molecule has 4 heteroatoms. The summed E-state index contributed by atoms with van der Waals surface area (Å²) < 4.78 is 1.46. The summed E-state index contributed by atoms with van der Waals surface area (Å²) in [5.41, 5.74) is 1.03. The van der Waals surface area contributed by atoms with Crippen LogP contribution in [0.25, 0.3) is 0 Å². The van der Waals surface area contributed by atoms with Crippen molar-refractivity contribution in [3.8, 4) is 0 Å². The molecule has 0 aliphatic carbocycles. The van der Waals surface area contributed by atoms with E-state index < -0.39 is 0 Å². The van der Waals surface area contributed by atoms with E-state index >= 15 is 0 Å². The second-order valence-corrected chi connectivity index (χ2v) is 5.32. The smallest absolute Gasteiger partial charge is 0.250 e. The van der Waals surface area contributed by atoms with Gasteiger partial charge in [0.1, 0.15) is 6.54 Å². The Bertz CT molecular complexity index is 678. The number of aromatic nitrogens is 1. The Morgan fingerprint density at radius 3 is 2.62 bits per heavy atom. The molecular weight excluding hydrogens is 264 g/mol. The Balaban J connectivity index is 1.78. The first kappa shape index (κ1) is 13.6. The minimum atomic E-state index is -0.138. The van der Waals surface area contributed by atoms with Crippen LogP contribution in [0.5, 0.6) is 0 Å². The van der Waals surface area contributed by atoms with Crippen LogP contribution >= 0.6 is 0 Å². The highest BCUT2D eigenvalue weighted by Gasteiger charge is 2.29. The third-order valence-electron chi connectivity index (χ3n) is 3.96. The van der Waals surface area contributed by atoms with Gasteiger partial charge in [0, 0.05) is 18.8 Å². The quantitative estimate of drug-likeness (QED) is 0.866. The SMILES string of the molecule is O=C(Cn1ccccc1=O)N1CCCC1c1ccccc1. The van der Waals surface area contributed by atoms with E-state index in [0.717, 1.165) is 19.4 Å². The number of amides is 1. The number of carbonyl (C=O) groups excluding carboxylic acids is 1. The van der Waals surface area contributed by atoms with E-state index in [1.807, 2.05) is 23.1 Å². The zero-order valence-electron chi connectivity index (χ0n) is 11.8. The summed E-state index contributed by atoms with van der Waals surface area (Å²) >= 11 is 0. The summed E-state index contributed by atoms with van der Waals surface area (Å²) in [7, 11) is 0. The van der Waals surface area contributed by atoms with Crippen LogP contribution in [0.2, 0.25) is 0 Å². The maximum absolute atomic E-state index is 12.5. The molecule has 0 saturated carbocycles. The largest absolute Gasteiger partial charge is 0.334 e. The lowest BCUT2D eigenvalue weighted by molar-refractivity contribution is -0.132. The number of hydrogen-bond acceptors (Lipinski definition) is 2. The highest BCUT2D eigenvalue weighted by atomic mass is 16.2. The van der Waals surface area contributed by atoms with Gasteiger partial charge in [-0.25, -0.2) is 0 Å². The lowest BCUT2D eigenvalue weighted by Crippen LogP contribution is -2.35. The number of pyridine rings is 1. The summed E-state index contributed by atoms with van der Waals surface area (Å²) in [5.74, 6) is 0.00894. The van der Waals surface area contributed by atoms with Gasteiger partial charge in [0.25, 0.3) is 5.56 Å². The third-order valence-corrected chi connectivity index (χ3v) is 3.96. The Morgan fingerprint density at radius 1 is 1.10 bits per heavy atom. The van der Waals surface area contributed by atoms with Crippen molar-refractivity contribution in [3.05, 3.63) is 70.6 Å². The first-order valence-electron chi connectivity index (χ1n) is 7.25. The molecule has 0 radical (unpaired) electrons. The van der Waals surface area contributed by atoms with Crippen molar-refractivity contribution < 1.29 is 4.79 Å². The Kier molecular flexibility index (Phi) is 3.86. The minimum absolute atomic E-state index is 0.00894. The summed E-state index contributed by atoms with van der Waals surface area (Å²) in [6.45, 7) is 0.878. The topological polar surface area (TPSA) is 42.3 Å². The third kappa shape index (κ3) is 2.89. The second-order valence-electron chi connectivity index (χ2n) is 5.32. The van der Waals surface area contributed by atoms with E-state index in [-0.39, 0.29) is 24.1 Å². The fraction of sp³-hybridized carbons (Fsp3) is 0.294. The van der Waals surface area contributed by atoms with Crippen LogP contribution < -0.4 is 5.56 Å². The number of carbonyl (C=O) groups is 1. The molecule has 1 aliphatic heterocycles. The Hall–Kier alpha value is -2.36. The summed E-state index contributed by atoms with van der Waals surface area (Å²) in [4.78, 5) is 26.1. The lowest BCUT2D eigenvalue weighted by Gasteiger charge is -2.25. The number of benzene rings is 1. The van der Waals surface area contributed by atoms with Gasteiger partial charge in [-0.2, -0.15) is 0 Å². The van der Waals surface area contributed by atoms with Crippen molar-refractivity contribution in [2.45, 2.75) is 25.4 Å². The molecule has 21 heavy (non-hydrogen) atoms. The van der Waals surface area contributed by atoms with E-state index in [0.29, 0.717) is 0 Å². The fourth-order valence-electron chi connectivity index (χ4n) is 2.91. The maximum Gasteiger partial charge on any atom is 0.250 e. The molecule has 1 saturated heterocycles. The zero-order valence-corrected chi connectivity index (χ0v) is 11.8. The minimum Gasteiger partial charge on any atom is -0.334 e. The van der Waals surface area contributed by atoms with Crippen molar-refractivity contribution >= 4 is 5.91 Å². The van der Waals surface area contributed by atoms with Crippen molar-refractivity contribution in [2.24, 2.45) is 0 Å². The average molecular weight is 282 g/mol. The lowest BCUT2D eigenvalue weighted by atomic mass is 10.0. The van der Waals surface area contributed by atoms with Gasteiger partial charge < -0.3 is 9.47 Å². The van der Waals surface area contributed by atoms with Gasteiger partial charge in [-0.15, -0.1) is 0 Å². The standard InChI is InChI=1S/C17H18N2O2/c20-16-10-4-5-11-18(16)13-17(21)19-12-6-9-15(19)14-7-2-1-3-8-14/h1-5,7-8,10-11,15H,6,9,12-13H2. The van der Waals surface area contributed by atoms with Crippen LogP contribution in [-0.4, -0.2) is 21.9 Å². The Labute approximate surface area is 123 Å². The molecule has 1 atom stereocenters. The highest BCUT2D eigenvalue weighted by Crippen LogP contribution is 2.31. The molecule has 2 aromatic rings. The van der Waals surface area contributed by atoms with Gasteiger partial charge in [-0.3, -0.25) is 9.59 Å². The summed E-state index contributed by atoms with van der Waals surface area (Å²) in [5, 5.41) is 0. The first-order chi connectivity index (χ1) is 10.3. The number of rotatable bonds is 3.